The summed E-state index contributed by atoms with van der Waals surface area (Å²) >= 11 is 1.79. The highest BCUT2D eigenvalue weighted by molar-refractivity contribution is 7.98. The predicted octanol–water partition coefficient (Wildman–Crippen LogP) is 2.94. The Bertz CT molecular complexity index is 1110. The summed E-state index contributed by atoms with van der Waals surface area (Å²) in [5.41, 5.74) is 9.16. The number of carboxylic acid groups (broad SMARTS) is 1. The highest BCUT2D eigenvalue weighted by Gasteiger charge is 2.15. The number of aromatic nitrogens is 2. The number of benzene rings is 2. The maximum Gasteiger partial charge on any atom is 0.305 e. The first-order valence-electron chi connectivity index (χ1n) is 9.84. The number of aliphatic carboxylic acids is 1. The van der Waals surface area contributed by atoms with Gasteiger partial charge in [0.05, 0.1) is 17.5 Å². The second kappa shape index (κ2) is 10.1. The number of amides is 1. The summed E-state index contributed by atoms with van der Waals surface area (Å²) < 4.78 is 2.14. The predicted molar refractivity (Wildman–Crippen MR) is 124 cm³/mol. The lowest BCUT2D eigenvalue weighted by Crippen LogP contribution is -2.25. The van der Waals surface area contributed by atoms with Crippen LogP contribution < -0.4 is 11.1 Å². The number of aryl methyl sites for hydroxylation is 1. The number of carbonyl (C=O) groups excluding carboxylic acids is 1. The summed E-state index contributed by atoms with van der Waals surface area (Å²) in [7, 11) is 0. The lowest BCUT2D eigenvalue weighted by Gasteiger charge is -2.10. The number of nitrogens with zero attached hydrogens (tertiary/aromatic N) is 2. The molecule has 0 saturated heterocycles. The van der Waals surface area contributed by atoms with E-state index in [2.05, 4.69) is 16.1 Å². The molecule has 0 saturated carbocycles. The van der Waals surface area contributed by atoms with E-state index < -0.39 is 5.97 Å². The van der Waals surface area contributed by atoms with Crippen LogP contribution in [0.4, 0.5) is 0 Å². The topological polar surface area (TPSA) is 134 Å². The quantitative estimate of drug-likeness (QED) is 0.218. The monoisotopic (exact) mass is 439 g/mol. The van der Waals surface area contributed by atoms with Crippen LogP contribution in [-0.2, 0) is 11.3 Å². The summed E-state index contributed by atoms with van der Waals surface area (Å²) in [5, 5.41) is 18.9. The zero-order chi connectivity index (χ0) is 22.4. The molecule has 0 spiro atoms. The van der Waals surface area contributed by atoms with Crippen LogP contribution in [0.5, 0.6) is 0 Å². The molecule has 0 unspecified atom stereocenters. The van der Waals surface area contributed by atoms with Gasteiger partial charge in [-0.2, -0.15) is 11.8 Å². The molecule has 31 heavy (non-hydrogen) atoms. The molecule has 0 atom stereocenters. The number of rotatable bonds is 10. The maximum absolute atomic E-state index is 12.4. The fraction of sp³-hybridized carbons (Fsp3) is 0.273. The molecule has 5 N–H and O–H groups in total. The normalized spacial score (nSPS) is 10.9. The van der Waals surface area contributed by atoms with Crippen LogP contribution in [0.2, 0.25) is 0 Å². The summed E-state index contributed by atoms with van der Waals surface area (Å²) in [6.07, 6.45) is 2.92. The minimum atomic E-state index is -0.958. The standard InChI is InChI=1S/C22H25N5O3S/c1-31-12-2-11-27-18-8-7-16(22(30)25-10-9-19(28)29)13-17(18)26-21(27)15-5-3-14(4-6-15)20(23)24/h3-8,13H,2,9-12H2,1H3,(H3,23,24)(H,25,30)(H,28,29). The number of nitrogen functional groups attached to an aromatic ring is 1. The van der Waals surface area contributed by atoms with Gasteiger partial charge in [-0.05, 0) is 36.6 Å². The van der Waals surface area contributed by atoms with E-state index in [9.17, 15) is 9.59 Å². The molecule has 0 radical (unpaired) electrons. The molecule has 1 amide bonds. The number of thioether (sulfide) groups is 1. The minimum absolute atomic E-state index is 0.0126. The zero-order valence-corrected chi connectivity index (χ0v) is 18.0. The van der Waals surface area contributed by atoms with Crippen molar-refractivity contribution in [2.24, 2.45) is 5.73 Å². The number of fused-ring (bicyclic) bond motifs is 1. The summed E-state index contributed by atoms with van der Waals surface area (Å²) in [5.74, 6) is 0.535. The molecule has 0 aliphatic rings. The van der Waals surface area contributed by atoms with Crippen molar-refractivity contribution in [3.63, 3.8) is 0 Å². The van der Waals surface area contributed by atoms with Crippen molar-refractivity contribution in [3.8, 4) is 11.4 Å². The van der Waals surface area contributed by atoms with Crippen molar-refractivity contribution in [2.75, 3.05) is 18.6 Å². The molecular formula is C22H25N5O3S. The van der Waals surface area contributed by atoms with Crippen LogP contribution in [0.15, 0.2) is 42.5 Å². The lowest BCUT2D eigenvalue weighted by atomic mass is 10.1. The fourth-order valence-electron chi connectivity index (χ4n) is 3.27. The van der Waals surface area contributed by atoms with E-state index in [0.29, 0.717) is 16.6 Å². The maximum atomic E-state index is 12.4. The number of imidazole rings is 1. The lowest BCUT2D eigenvalue weighted by molar-refractivity contribution is -0.136. The van der Waals surface area contributed by atoms with Gasteiger partial charge in [0.2, 0.25) is 0 Å². The Morgan fingerprint density at radius 2 is 1.90 bits per heavy atom. The first kappa shape index (κ1) is 22.4. The SMILES string of the molecule is CSCCCn1c(-c2ccc(C(=N)N)cc2)nc2cc(C(=O)NCCC(=O)O)ccc21. The number of carbonyl (C=O) groups is 2. The molecule has 9 heteroatoms. The van der Waals surface area contributed by atoms with Gasteiger partial charge < -0.3 is 20.7 Å². The Kier molecular flexibility index (Phi) is 7.30. The number of hydrogen-bond donors (Lipinski definition) is 4. The van der Waals surface area contributed by atoms with Crippen LogP contribution in [0.3, 0.4) is 0 Å². The molecule has 0 bridgehead atoms. The summed E-state index contributed by atoms with van der Waals surface area (Å²) in [6.45, 7) is 0.856. The van der Waals surface area contributed by atoms with Gasteiger partial charge in [-0.25, -0.2) is 4.98 Å². The summed E-state index contributed by atoms with van der Waals surface area (Å²) in [4.78, 5) is 27.8. The zero-order valence-electron chi connectivity index (χ0n) is 17.2. The van der Waals surface area contributed by atoms with Crippen molar-refractivity contribution in [1.29, 1.82) is 5.41 Å². The third-order valence-electron chi connectivity index (χ3n) is 4.82. The second-order valence-corrected chi connectivity index (χ2v) is 8.01. The molecular weight excluding hydrogens is 414 g/mol. The van der Waals surface area contributed by atoms with E-state index in [-0.39, 0.29) is 24.7 Å². The van der Waals surface area contributed by atoms with Crippen molar-refractivity contribution < 1.29 is 14.7 Å². The molecule has 0 aliphatic heterocycles. The van der Waals surface area contributed by atoms with E-state index in [1.54, 1.807) is 36.0 Å². The van der Waals surface area contributed by atoms with Crippen LogP contribution >= 0.6 is 11.8 Å². The van der Waals surface area contributed by atoms with Crippen LogP contribution in [-0.4, -0.2) is 50.9 Å². The number of nitrogens with two attached hydrogens (primary N) is 1. The van der Waals surface area contributed by atoms with Crippen molar-refractivity contribution in [2.45, 2.75) is 19.4 Å². The van der Waals surface area contributed by atoms with Gasteiger partial charge in [-0.15, -0.1) is 0 Å². The molecule has 0 aliphatic carbocycles. The van der Waals surface area contributed by atoms with Gasteiger partial charge in [0.15, 0.2) is 0 Å². The Morgan fingerprint density at radius 1 is 1.19 bits per heavy atom. The number of amidine groups is 1. The fourth-order valence-corrected chi connectivity index (χ4v) is 3.69. The molecule has 1 aromatic heterocycles. The largest absolute Gasteiger partial charge is 0.481 e. The van der Waals surface area contributed by atoms with Gasteiger partial charge in [0.25, 0.3) is 5.91 Å². The van der Waals surface area contributed by atoms with Crippen LogP contribution in [0.1, 0.15) is 28.8 Å². The Balaban J connectivity index is 1.95. The van der Waals surface area contributed by atoms with Gasteiger partial charge in [-0.3, -0.25) is 15.0 Å². The summed E-state index contributed by atoms with van der Waals surface area (Å²) in [6, 6.07) is 12.7. The highest BCUT2D eigenvalue weighted by Crippen LogP contribution is 2.26. The number of hydrogen-bond acceptors (Lipinski definition) is 5. The van der Waals surface area contributed by atoms with E-state index in [1.165, 1.54) is 0 Å². The Labute approximate surface area is 184 Å². The van der Waals surface area contributed by atoms with Gasteiger partial charge >= 0.3 is 5.97 Å². The van der Waals surface area contributed by atoms with E-state index in [0.717, 1.165) is 35.6 Å². The first-order valence-corrected chi connectivity index (χ1v) is 11.2. The third kappa shape index (κ3) is 5.43. The molecule has 162 valence electrons. The van der Waals surface area contributed by atoms with Crippen molar-refractivity contribution in [1.82, 2.24) is 14.9 Å². The number of carboxylic acids is 1. The molecule has 8 nitrogen and oxygen atoms in total. The minimum Gasteiger partial charge on any atom is -0.481 e. The average Bonchev–Trinajstić information content (AvgIpc) is 3.11. The molecule has 3 rings (SSSR count). The van der Waals surface area contributed by atoms with Crippen LogP contribution in [0, 0.1) is 5.41 Å². The van der Waals surface area contributed by atoms with E-state index in [4.69, 9.17) is 21.2 Å². The Morgan fingerprint density at radius 3 is 2.55 bits per heavy atom. The smallest absolute Gasteiger partial charge is 0.305 e. The van der Waals surface area contributed by atoms with Gasteiger partial charge in [-0.1, -0.05) is 24.3 Å². The average molecular weight is 440 g/mol. The van der Waals surface area contributed by atoms with Crippen molar-refractivity contribution >= 4 is 40.5 Å². The van der Waals surface area contributed by atoms with Gasteiger partial charge in [0.1, 0.15) is 11.7 Å². The first-order chi connectivity index (χ1) is 14.9. The second-order valence-electron chi connectivity index (χ2n) is 7.03. The molecule has 3 aromatic rings. The molecule has 1 heterocycles. The number of nitrogens with one attached hydrogen (secondary N) is 2. The van der Waals surface area contributed by atoms with Gasteiger partial charge in [0, 0.05) is 29.8 Å². The van der Waals surface area contributed by atoms with E-state index >= 15 is 0 Å². The van der Waals surface area contributed by atoms with Crippen LogP contribution in [0.25, 0.3) is 22.4 Å². The molecule has 2 aromatic carbocycles. The van der Waals surface area contributed by atoms with Crippen molar-refractivity contribution in [3.05, 3.63) is 53.6 Å². The Hall–Kier alpha value is -3.33. The molecule has 0 fully saturated rings. The van der Waals surface area contributed by atoms with E-state index in [1.807, 2.05) is 18.2 Å². The highest BCUT2D eigenvalue weighted by atomic mass is 32.2. The third-order valence-corrected chi connectivity index (χ3v) is 5.52.